The topological polar surface area (TPSA) is 12.5 Å². The standard InChI is InChI=1S/C62H54BNOSi2/c1-41-35-56-61-58(36-41)65-57-37-44(42-19-11-8-12-20-42)29-33-52(57)63(61)53-40-60-51(49-25-17-18-26-59(49)67(60,47-21-13-9-14-22-47)48-23-15-10-16-24-48)39-55(53)64(56)54-34-30-45(62(2,3)4)38-50(54)43-27-31-46(32-28-43)66(5,6)7/h8-40H,1-7H3. The van der Waals surface area contributed by atoms with E-state index < -0.39 is 16.1 Å². The lowest BCUT2D eigenvalue weighted by Crippen LogP contribution is -2.73. The van der Waals surface area contributed by atoms with Gasteiger partial charge in [0.15, 0.2) is 8.07 Å². The highest BCUT2D eigenvalue weighted by molar-refractivity contribution is 7.22. The molecule has 0 bridgehead atoms. The van der Waals surface area contributed by atoms with Crippen molar-refractivity contribution in [1.29, 1.82) is 0 Å². The lowest BCUT2D eigenvalue weighted by Gasteiger charge is -2.42. The van der Waals surface area contributed by atoms with Crippen LogP contribution < -0.4 is 52.0 Å². The van der Waals surface area contributed by atoms with Crippen LogP contribution in [0.15, 0.2) is 200 Å². The first kappa shape index (κ1) is 41.5. The van der Waals surface area contributed by atoms with E-state index in [0.29, 0.717) is 0 Å². The second-order valence-electron chi connectivity index (χ2n) is 21.0. The molecule has 0 radical (unpaired) electrons. The molecule has 0 amide bonds. The fourth-order valence-corrected chi connectivity index (χ4v) is 17.8. The third-order valence-corrected chi connectivity index (χ3v) is 21.7. The van der Waals surface area contributed by atoms with Crippen molar-refractivity contribution in [3.8, 4) is 44.9 Å². The summed E-state index contributed by atoms with van der Waals surface area (Å²) in [6.45, 7) is 16.4. The fraction of sp³-hybridized carbons (Fsp3) is 0.129. The molecule has 0 fully saturated rings. The Morgan fingerprint density at radius 3 is 1.79 bits per heavy atom. The van der Waals surface area contributed by atoms with Crippen LogP contribution in [0.4, 0.5) is 17.1 Å². The van der Waals surface area contributed by atoms with Gasteiger partial charge in [0.1, 0.15) is 11.5 Å². The molecule has 3 aliphatic rings. The summed E-state index contributed by atoms with van der Waals surface area (Å²) in [5, 5.41) is 7.16. The third-order valence-electron chi connectivity index (χ3n) is 14.8. The van der Waals surface area contributed by atoms with Crippen molar-refractivity contribution in [3.63, 3.8) is 0 Å². The number of fused-ring (bicyclic) bond motifs is 7. The molecule has 67 heavy (non-hydrogen) atoms. The van der Waals surface area contributed by atoms with Crippen LogP contribution in [0.1, 0.15) is 31.9 Å². The number of aryl methyl sites for hydroxylation is 1. The van der Waals surface area contributed by atoms with Crippen molar-refractivity contribution in [2.45, 2.75) is 52.8 Å². The Balaban J connectivity index is 1.19. The minimum atomic E-state index is -2.83. The van der Waals surface area contributed by atoms with Crippen LogP contribution in [0.25, 0.3) is 33.4 Å². The van der Waals surface area contributed by atoms with Crippen molar-refractivity contribution < 1.29 is 4.74 Å². The zero-order chi connectivity index (χ0) is 45.8. The van der Waals surface area contributed by atoms with Crippen LogP contribution in [0, 0.1) is 6.92 Å². The number of hydrogen-bond donors (Lipinski definition) is 0. The van der Waals surface area contributed by atoms with Gasteiger partial charge in [0.2, 0.25) is 0 Å². The molecule has 3 heterocycles. The van der Waals surface area contributed by atoms with E-state index in [1.165, 1.54) is 98.3 Å². The number of benzene rings is 9. The summed E-state index contributed by atoms with van der Waals surface area (Å²) < 4.78 is 7.20. The molecular weight excluding hydrogens is 842 g/mol. The van der Waals surface area contributed by atoms with Crippen LogP contribution in [0.2, 0.25) is 19.6 Å². The van der Waals surface area contributed by atoms with Gasteiger partial charge in [-0.2, -0.15) is 0 Å². The van der Waals surface area contributed by atoms with Crippen LogP contribution in [0.5, 0.6) is 11.5 Å². The lowest BCUT2D eigenvalue weighted by atomic mass is 9.34. The number of anilines is 3. The minimum absolute atomic E-state index is 0.0392. The SMILES string of the molecule is Cc1cc2c3c(c1)N(c1ccc(C(C)(C)C)cc1-c1ccc([Si](C)(C)C)cc1)c1cc4c(cc1B3c1ccc(-c3ccccc3)cc1O2)[Si](c1ccccc1)(c1ccccc1)c1ccccc1-4. The Bertz CT molecular complexity index is 3370. The van der Waals surface area contributed by atoms with E-state index in [9.17, 15) is 0 Å². The van der Waals surface area contributed by atoms with E-state index in [0.717, 1.165) is 17.1 Å². The maximum absolute atomic E-state index is 7.20. The lowest BCUT2D eigenvalue weighted by molar-refractivity contribution is 0.487. The van der Waals surface area contributed by atoms with Crippen LogP contribution in [-0.4, -0.2) is 22.9 Å². The second-order valence-corrected chi connectivity index (χ2v) is 29.8. The Hall–Kier alpha value is -6.92. The number of hydrogen-bond acceptors (Lipinski definition) is 2. The Labute approximate surface area is 398 Å². The van der Waals surface area contributed by atoms with Crippen molar-refractivity contribution in [3.05, 3.63) is 211 Å². The summed E-state index contributed by atoms with van der Waals surface area (Å²) in [5.74, 6) is 1.85. The smallest absolute Gasteiger partial charge is 0.256 e. The summed E-state index contributed by atoms with van der Waals surface area (Å²) in [7, 11) is -4.36. The van der Waals surface area contributed by atoms with Gasteiger partial charge < -0.3 is 9.64 Å². The molecule has 0 aliphatic carbocycles. The zero-order valence-corrected chi connectivity index (χ0v) is 41.5. The predicted molar refractivity (Wildman–Crippen MR) is 292 cm³/mol. The van der Waals surface area contributed by atoms with Gasteiger partial charge in [-0.15, -0.1) is 0 Å². The largest absolute Gasteiger partial charge is 0.458 e. The van der Waals surface area contributed by atoms with Gasteiger partial charge in [0, 0.05) is 16.9 Å². The molecule has 9 aromatic carbocycles. The molecule has 0 aromatic heterocycles. The second kappa shape index (κ2) is 15.3. The molecule has 0 saturated carbocycles. The van der Waals surface area contributed by atoms with Gasteiger partial charge in [-0.3, -0.25) is 0 Å². The quantitative estimate of drug-likeness (QED) is 0.154. The van der Waals surface area contributed by atoms with Crippen LogP contribution >= 0.6 is 0 Å². The number of ether oxygens (including phenoxy) is 1. The molecular formula is C62H54BNOSi2. The van der Waals surface area contributed by atoms with E-state index in [1.807, 2.05) is 0 Å². The summed E-state index contributed by atoms with van der Waals surface area (Å²) in [4.78, 5) is 2.61. The molecule has 0 saturated heterocycles. The summed E-state index contributed by atoms with van der Waals surface area (Å²) in [5.41, 5.74) is 17.2. The molecule has 0 atom stereocenters. The Morgan fingerprint density at radius 2 is 1.12 bits per heavy atom. The molecule has 12 rings (SSSR count). The van der Waals surface area contributed by atoms with Crippen LogP contribution in [0.3, 0.4) is 0 Å². The van der Waals surface area contributed by atoms with Gasteiger partial charge in [-0.05, 0) is 125 Å². The average Bonchev–Trinajstić information content (AvgIpc) is 3.63. The highest BCUT2D eigenvalue weighted by Crippen LogP contribution is 2.47. The summed E-state index contributed by atoms with van der Waals surface area (Å²) in [6.07, 6.45) is 0. The molecule has 9 aromatic rings. The average molecular weight is 896 g/mol. The Kier molecular flexibility index (Phi) is 9.49. The van der Waals surface area contributed by atoms with Gasteiger partial charge in [0.25, 0.3) is 6.71 Å². The summed E-state index contributed by atoms with van der Waals surface area (Å²) in [6, 6.07) is 76.4. The van der Waals surface area contributed by atoms with E-state index in [4.69, 9.17) is 4.74 Å². The van der Waals surface area contributed by atoms with E-state index in [-0.39, 0.29) is 12.1 Å². The minimum Gasteiger partial charge on any atom is -0.458 e. The zero-order valence-electron chi connectivity index (χ0n) is 39.5. The van der Waals surface area contributed by atoms with Gasteiger partial charge in [0.05, 0.1) is 13.8 Å². The fourth-order valence-electron chi connectivity index (χ4n) is 11.5. The monoisotopic (exact) mass is 895 g/mol. The van der Waals surface area contributed by atoms with Crippen LogP contribution in [-0.2, 0) is 5.41 Å². The van der Waals surface area contributed by atoms with Crippen molar-refractivity contribution in [1.82, 2.24) is 0 Å². The highest BCUT2D eigenvalue weighted by Gasteiger charge is 2.51. The van der Waals surface area contributed by atoms with Crippen molar-refractivity contribution in [2.75, 3.05) is 4.90 Å². The molecule has 0 spiro atoms. The van der Waals surface area contributed by atoms with E-state index in [1.54, 1.807) is 0 Å². The first-order valence-corrected chi connectivity index (χ1v) is 29.4. The maximum atomic E-state index is 7.20. The van der Waals surface area contributed by atoms with Gasteiger partial charge in [-0.1, -0.05) is 209 Å². The predicted octanol–water partition coefficient (Wildman–Crippen LogP) is 10.9. The maximum Gasteiger partial charge on any atom is 0.256 e. The van der Waals surface area contributed by atoms with Crippen molar-refractivity contribution >= 4 is 82.2 Å². The first-order valence-electron chi connectivity index (χ1n) is 23.9. The third kappa shape index (κ3) is 6.50. The van der Waals surface area contributed by atoms with Gasteiger partial charge >= 0.3 is 0 Å². The van der Waals surface area contributed by atoms with E-state index >= 15 is 0 Å². The number of rotatable bonds is 6. The molecule has 324 valence electrons. The Morgan fingerprint density at radius 1 is 0.478 bits per heavy atom. The van der Waals surface area contributed by atoms with E-state index in [2.05, 4.69) is 252 Å². The van der Waals surface area contributed by atoms with Crippen molar-refractivity contribution in [2.24, 2.45) is 0 Å². The first-order chi connectivity index (χ1) is 32.4. The molecule has 2 nitrogen and oxygen atoms in total. The molecule has 0 unspecified atom stereocenters. The normalized spacial score (nSPS) is 14.1. The van der Waals surface area contributed by atoms with Gasteiger partial charge in [-0.25, -0.2) is 0 Å². The molecule has 5 heteroatoms. The summed E-state index contributed by atoms with van der Waals surface area (Å²) >= 11 is 0. The molecule has 3 aliphatic heterocycles. The molecule has 0 N–H and O–H groups in total. The highest BCUT2D eigenvalue weighted by atomic mass is 28.3. The number of nitrogens with zero attached hydrogens (tertiary/aromatic N) is 1.